The van der Waals surface area contributed by atoms with Crippen LogP contribution in [0.1, 0.15) is 5.56 Å². The fraction of sp³-hybridized carbons (Fsp3) is 0.450. The van der Waals surface area contributed by atoms with E-state index in [1.807, 2.05) is 4.90 Å². The van der Waals surface area contributed by atoms with Crippen LogP contribution in [0.15, 0.2) is 41.6 Å². The van der Waals surface area contributed by atoms with E-state index in [2.05, 4.69) is 9.97 Å². The highest BCUT2D eigenvalue weighted by Crippen LogP contribution is 2.30. The lowest BCUT2D eigenvalue weighted by Crippen LogP contribution is -2.57. The maximum atomic E-state index is 12.9. The van der Waals surface area contributed by atoms with Gasteiger partial charge in [0.15, 0.2) is 0 Å². The van der Waals surface area contributed by atoms with Gasteiger partial charge in [-0.1, -0.05) is 11.6 Å². The van der Waals surface area contributed by atoms with Crippen molar-refractivity contribution in [3.05, 3.63) is 47.4 Å². The summed E-state index contributed by atoms with van der Waals surface area (Å²) in [5.41, 5.74) is -0.912. The summed E-state index contributed by atoms with van der Waals surface area (Å²) in [5, 5.41) is 0.340. The maximum Gasteiger partial charge on any atom is 0.416 e. The van der Waals surface area contributed by atoms with Gasteiger partial charge in [0.2, 0.25) is 10.0 Å². The number of hydrogen-bond acceptors (Lipinski definition) is 6. The van der Waals surface area contributed by atoms with Crippen molar-refractivity contribution in [1.82, 2.24) is 24.1 Å². The molecular weight excluding hydrogens is 497 g/mol. The summed E-state index contributed by atoms with van der Waals surface area (Å²) in [6.07, 6.45) is -3.16. The van der Waals surface area contributed by atoms with Crippen molar-refractivity contribution in [3.8, 4) is 0 Å². The van der Waals surface area contributed by atoms with Gasteiger partial charge < -0.3 is 14.7 Å². The third kappa shape index (κ3) is 5.20. The molecule has 2 aliphatic heterocycles. The van der Waals surface area contributed by atoms with E-state index in [0.29, 0.717) is 37.1 Å². The fourth-order valence-corrected chi connectivity index (χ4v) is 5.47. The maximum absolute atomic E-state index is 12.9. The fourth-order valence-electron chi connectivity index (χ4n) is 3.91. The third-order valence-electron chi connectivity index (χ3n) is 5.82. The second-order valence-corrected chi connectivity index (χ2v) is 10.2. The van der Waals surface area contributed by atoms with Gasteiger partial charge in [-0.25, -0.2) is 23.2 Å². The van der Waals surface area contributed by atoms with Gasteiger partial charge in [0.25, 0.3) is 0 Å². The summed E-state index contributed by atoms with van der Waals surface area (Å²) < 4.78 is 65.1. The van der Waals surface area contributed by atoms with Crippen LogP contribution in [0.25, 0.3) is 0 Å². The number of alkyl halides is 3. The molecular formula is C20H22ClF3N6O3S. The lowest BCUT2D eigenvalue weighted by Gasteiger charge is -2.40. The van der Waals surface area contributed by atoms with Gasteiger partial charge in [0, 0.05) is 58.4 Å². The lowest BCUT2D eigenvalue weighted by atomic mass is 10.2. The second kappa shape index (κ2) is 9.55. The van der Waals surface area contributed by atoms with E-state index in [9.17, 15) is 26.4 Å². The minimum absolute atomic E-state index is 0.0640. The van der Waals surface area contributed by atoms with Crippen LogP contribution >= 0.6 is 11.6 Å². The molecule has 0 aliphatic carbocycles. The van der Waals surface area contributed by atoms with Crippen molar-refractivity contribution in [3.63, 3.8) is 0 Å². The van der Waals surface area contributed by atoms with Crippen LogP contribution in [0.4, 0.5) is 23.8 Å². The minimum atomic E-state index is -4.54. The molecule has 0 bridgehead atoms. The molecule has 1 aromatic heterocycles. The van der Waals surface area contributed by atoms with Crippen molar-refractivity contribution in [2.75, 3.05) is 57.3 Å². The van der Waals surface area contributed by atoms with Crippen LogP contribution < -0.4 is 4.90 Å². The number of anilines is 1. The third-order valence-corrected chi connectivity index (χ3v) is 7.94. The summed E-state index contributed by atoms with van der Waals surface area (Å²) in [7, 11) is -3.95. The number of carbonyl (C=O) groups is 1. The van der Waals surface area contributed by atoms with Gasteiger partial charge in [0.05, 0.1) is 10.5 Å². The first kappa shape index (κ1) is 24.5. The minimum Gasteiger partial charge on any atom is -0.353 e. The number of urea groups is 1. The van der Waals surface area contributed by atoms with Crippen LogP contribution in [0.2, 0.25) is 5.15 Å². The van der Waals surface area contributed by atoms with E-state index < -0.39 is 21.8 Å². The number of carbonyl (C=O) groups excluding carboxylic acids is 1. The molecule has 2 saturated heterocycles. The number of piperazine rings is 2. The largest absolute Gasteiger partial charge is 0.416 e. The Bertz CT molecular complexity index is 1130. The summed E-state index contributed by atoms with van der Waals surface area (Å²) in [6.45, 7) is 2.61. The zero-order chi connectivity index (χ0) is 24.5. The number of benzene rings is 1. The number of halogens is 4. The molecule has 0 radical (unpaired) electrons. The topological polar surface area (TPSA) is 90.0 Å². The molecule has 2 aliphatic rings. The molecule has 0 unspecified atom stereocenters. The van der Waals surface area contributed by atoms with Crippen molar-refractivity contribution < 1.29 is 26.4 Å². The number of amides is 2. The Labute approximate surface area is 199 Å². The first-order valence-electron chi connectivity index (χ1n) is 10.5. The molecule has 4 rings (SSSR count). The van der Waals surface area contributed by atoms with Crippen molar-refractivity contribution in [2.24, 2.45) is 0 Å². The van der Waals surface area contributed by atoms with Gasteiger partial charge in [-0.2, -0.15) is 17.5 Å². The smallest absolute Gasteiger partial charge is 0.353 e. The SMILES string of the molecule is O=C(N1CCN(c2cc(Cl)ncn2)CC1)N1CCN(S(=O)(=O)c2ccc(C(F)(F)F)cc2)CC1. The molecule has 0 atom stereocenters. The number of nitrogens with zero attached hydrogens (tertiary/aromatic N) is 6. The Kier molecular flexibility index (Phi) is 6.87. The van der Waals surface area contributed by atoms with Gasteiger partial charge in [-0.05, 0) is 24.3 Å². The predicted molar refractivity (Wildman–Crippen MR) is 118 cm³/mol. The molecule has 2 amide bonds. The summed E-state index contributed by atoms with van der Waals surface area (Å²) >= 11 is 5.91. The number of rotatable bonds is 3. The van der Waals surface area contributed by atoms with E-state index in [0.717, 1.165) is 24.3 Å². The normalized spacial score (nSPS) is 18.3. The Hall–Kier alpha value is -2.64. The van der Waals surface area contributed by atoms with E-state index in [-0.39, 0.29) is 37.1 Å². The van der Waals surface area contributed by atoms with Crippen molar-refractivity contribution in [2.45, 2.75) is 11.1 Å². The highest BCUT2D eigenvalue weighted by Gasteiger charge is 2.34. The number of hydrogen-bond donors (Lipinski definition) is 0. The van der Waals surface area contributed by atoms with Crippen molar-refractivity contribution >= 4 is 33.5 Å². The van der Waals surface area contributed by atoms with Crippen molar-refractivity contribution in [1.29, 1.82) is 0 Å². The number of sulfonamides is 1. The average molecular weight is 519 g/mol. The van der Waals surface area contributed by atoms with Crippen LogP contribution in [-0.2, 0) is 16.2 Å². The second-order valence-electron chi connectivity index (χ2n) is 7.87. The first-order chi connectivity index (χ1) is 16.1. The quantitative estimate of drug-likeness (QED) is 0.580. The predicted octanol–water partition coefficient (Wildman–Crippen LogP) is 2.40. The van der Waals surface area contributed by atoms with Crippen LogP contribution in [0, 0.1) is 0 Å². The van der Waals surface area contributed by atoms with E-state index in [4.69, 9.17) is 11.6 Å². The van der Waals surface area contributed by atoms with Crippen LogP contribution in [0.5, 0.6) is 0 Å². The molecule has 0 N–H and O–H groups in total. The molecule has 2 fully saturated rings. The molecule has 3 heterocycles. The Morgan fingerprint density at radius 1 is 0.882 bits per heavy atom. The Morgan fingerprint density at radius 2 is 1.44 bits per heavy atom. The van der Waals surface area contributed by atoms with Crippen LogP contribution in [-0.4, -0.2) is 90.9 Å². The molecule has 0 spiro atoms. The molecule has 14 heteroatoms. The molecule has 0 saturated carbocycles. The van der Waals surface area contributed by atoms with E-state index in [1.165, 1.54) is 10.6 Å². The Balaban J connectivity index is 1.31. The Morgan fingerprint density at radius 3 is 1.97 bits per heavy atom. The van der Waals surface area contributed by atoms with E-state index >= 15 is 0 Å². The molecule has 34 heavy (non-hydrogen) atoms. The zero-order valence-electron chi connectivity index (χ0n) is 17.9. The van der Waals surface area contributed by atoms with Crippen LogP contribution in [0.3, 0.4) is 0 Å². The average Bonchev–Trinajstić information content (AvgIpc) is 2.83. The van der Waals surface area contributed by atoms with E-state index in [1.54, 1.807) is 15.9 Å². The lowest BCUT2D eigenvalue weighted by molar-refractivity contribution is -0.137. The zero-order valence-corrected chi connectivity index (χ0v) is 19.5. The number of aromatic nitrogens is 2. The van der Waals surface area contributed by atoms with Gasteiger partial charge >= 0.3 is 12.2 Å². The summed E-state index contributed by atoms with van der Waals surface area (Å²) in [5.74, 6) is 0.689. The monoisotopic (exact) mass is 518 g/mol. The highest BCUT2D eigenvalue weighted by atomic mass is 35.5. The molecule has 1 aromatic carbocycles. The van der Waals surface area contributed by atoms with Gasteiger partial charge in [0.1, 0.15) is 17.3 Å². The van der Waals surface area contributed by atoms with Gasteiger partial charge in [-0.15, -0.1) is 0 Å². The summed E-state index contributed by atoms with van der Waals surface area (Å²) in [4.78, 5) is 26.1. The standard InChI is InChI=1S/C20H22ClF3N6O3S/c21-17-13-18(26-14-25-17)27-5-7-28(8-6-27)19(31)29-9-11-30(12-10-29)34(32,33)16-3-1-15(2-4-16)20(22,23)24/h1-4,13-14H,5-12H2. The molecule has 9 nitrogen and oxygen atoms in total. The highest BCUT2D eigenvalue weighted by molar-refractivity contribution is 7.89. The molecule has 184 valence electrons. The van der Waals surface area contributed by atoms with Gasteiger partial charge in [-0.3, -0.25) is 0 Å². The molecule has 2 aromatic rings. The summed E-state index contributed by atoms with van der Waals surface area (Å²) in [6, 6.07) is 4.91. The first-order valence-corrected chi connectivity index (χ1v) is 12.3.